The Kier molecular flexibility index (Phi) is 5.26. The fraction of sp³-hybridized carbons (Fsp3) is 0.400. The summed E-state index contributed by atoms with van der Waals surface area (Å²) in [4.78, 5) is 20.8. The largest absolute Gasteiger partial charge is 0.345 e. The predicted octanol–water partition coefficient (Wildman–Crippen LogP) is 3.63. The van der Waals surface area contributed by atoms with Crippen molar-refractivity contribution in [1.82, 2.24) is 9.88 Å². The molecule has 0 radical (unpaired) electrons. The fourth-order valence-corrected chi connectivity index (χ4v) is 3.20. The minimum Gasteiger partial charge on any atom is -0.345 e. The van der Waals surface area contributed by atoms with E-state index in [2.05, 4.69) is 53.1 Å². The summed E-state index contributed by atoms with van der Waals surface area (Å²) in [6.45, 7) is 1.95. The van der Waals surface area contributed by atoms with Crippen LogP contribution in [0.15, 0.2) is 48.3 Å². The molecule has 0 atom stereocenters. The number of allylic oxidation sites excluding steroid dienone is 2. The number of fused-ring (bicyclic) bond motifs is 1. The van der Waals surface area contributed by atoms with E-state index in [9.17, 15) is 4.79 Å². The Morgan fingerprint density at radius 2 is 2.00 bits per heavy atom. The van der Waals surface area contributed by atoms with Crippen LogP contribution in [0.4, 0.5) is 5.69 Å². The van der Waals surface area contributed by atoms with Gasteiger partial charge in [0.2, 0.25) is 0 Å². The minimum absolute atomic E-state index is 0.247. The van der Waals surface area contributed by atoms with Gasteiger partial charge in [0.05, 0.1) is 5.52 Å². The Balaban J connectivity index is 1.90. The van der Waals surface area contributed by atoms with Gasteiger partial charge < -0.3 is 9.80 Å². The molecule has 0 saturated heterocycles. The number of carbonyl (C=O) groups excluding carboxylic acids is 1. The van der Waals surface area contributed by atoms with Crippen LogP contribution in [0, 0.1) is 0 Å². The first-order valence-electron chi connectivity index (χ1n) is 8.64. The number of hydrogen-bond donors (Lipinski definition) is 0. The number of aromatic nitrogens is 1. The summed E-state index contributed by atoms with van der Waals surface area (Å²) in [5, 5.41) is 1.13. The van der Waals surface area contributed by atoms with Gasteiger partial charge in [-0.05, 0) is 64.2 Å². The summed E-state index contributed by atoms with van der Waals surface area (Å²) < 4.78 is 0. The fourth-order valence-electron chi connectivity index (χ4n) is 3.20. The molecule has 3 rings (SSSR count). The van der Waals surface area contributed by atoms with Gasteiger partial charge in [-0.3, -0.25) is 9.78 Å². The minimum atomic E-state index is 0.247. The molecule has 1 aliphatic rings. The van der Waals surface area contributed by atoms with E-state index >= 15 is 0 Å². The zero-order valence-electron chi connectivity index (χ0n) is 14.5. The van der Waals surface area contributed by atoms with Crippen molar-refractivity contribution in [3.05, 3.63) is 48.3 Å². The van der Waals surface area contributed by atoms with E-state index in [1.165, 1.54) is 0 Å². The van der Waals surface area contributed by atoms with E-state index in [1.54, 1.807) is 0 Å². The third-order valence-electron chi connectivity index (χ3n) is 4.42. The zero-order chi connectivity index (χ0) is 16.9. The summed E-state index contributed by atoms with van der Waals surface area (Å²) in [5.41, 5.74) is 3.30. The number of nitrogens with zero attached hydrogens (tertiary/aromatic N) is 3. The van der Waals surface area contributed by atoms with Gasteiger partial charge >= 0.3 is 0 Å². The highest BCUT2D eigenvalue weighted by Gasteiger charge is 2.18. The number of anilines is 1. The van der Waals surface area contributed by atoms with Crippen LogP contribution in [0.3, 0.4) is 0 Å². The van der Waals surface area contributed by atoms with Crippen molar-refractivity contribution in [1.29, 1.82) is 0 Å². The quantitative estimate of drug-likeness (QED) is 0.813. The van der Waals surface area contributed by atoms with Gasteiger partial charge in [0.15, 0.2) is 5.78 Å². The van der Waals surface area contributed by atoms with Crippen LogP contribution >= 0.6 is 0 Å². The molecule has 0 saturated carbocycles. The molecule has 1 aliphatic carbocycles. The Bertz CT molecular complexity index is 751. The Labute approximate surface area is 143 Å². The van der Waals surface area contributed by atoms with Crippen molar-refractivity contribution in [2.45, 2.75) is 25.7 Å². The third kappa shape index (κ3) is 4.01. The van der Waals surface area contributed by atoms with Gasteiger partial charge in [0, 0.05) is 42.0 Å². The van der Waals surface area contributed by atoms with Crippen LogP contribution in [-0.4, -0.2) is 42.9 Å². The smallest absolute Gasteiger partial charge is 0.157 e. The van der Waals surface area contributed by atoms with Crippen molar-refractivity contribution < 1.29 is 4.79 Å². The lowest BCUT2D eigenvalue weighted by Crippen LogP contribution is -2.28. The lowest BCUT2D eigenvalue weighted by atomic mass is 10.0. The second-order valence-corrected chi connectivity index (χ2v) is 6.64. The van der Waals surface area contributed by atoms with Gasteiger partial charge in [-0.1, -0.05) is 6.07 Å². The van der Waals surface area contributed by atoms with E-state index in [0.717, 1.165) is 54.6 Å². The number of benzene rings is 1. The summed E-state index contributed by atoms with van der Waals surface area (Å²) >= 11 is 0. The topological polar surface area (TPSA) is 36.4 Å². The monoisotopic (exact) mass is 323 g/mol. The molecule has 0 spiro atoms. The Morgan fingerprint density at radius 3 is 2.79 bits per heavy atom. The first kappa shape index (κ1) is 16.7. The normalized spacial score (nSPS) is 15.0. The van der Waals surface area contributed by atoms with Crippen molar-refractivity contribution >= 4 is 22.4 Å². The second-order valence-electron chi connectivity index (χ2n) is 6.64. The van der Waals surface area contributed by atoms with E-state index in [4.69, 9.17) is 0 Å². The summed E-state index contributed by atoms with van der Waals surface area (Å²) in [5.74, 6) is 0.247. The highest BCUT2D eigenvalue weighted by Crippen LogP contribution is 2.28. The van der Waals surface area contributed by atoms with E-state index in [0.29, 0.717) is 6.42 Å². The van der Waals surface area contributed by atoms with Crippen LogP contribution in [0.1, 0.15) is 25.7 Å². The summed E-state index contributed by atoms with van der Waals surface area (Å²) in [6.07, 6.45) is 7.31. The van der Waals surface area contributed by atoms with Crippen LogP contribution in [-0.2, 0) is 4.79 Å². The van der Waals surface area contributed by atoms with Gasteiger partial charge in [-0.2, -0.15) is 0 Å². The van der Waals surface area contributed by atoms with Crippen molar-refractivity contribution in [2.24, 2.45) is 0 Å². The molecule has 0 amide bonds. The molecule has 1 heterocycles. The standard InChI is InChI=1S/C20H25N3O/c1-22(2)12-5-13-23(17-7-3-8-19(24)15-17)18-9-10-20-16(14-18)6-4-11-21-20/h4,6,9-11,14-15H,3,5,7-8,12-13H2,1-2H3. The molecule has 0 bridgehead atoms. The first-order chi connectivity index (χ1) is 11.6. The maximum absolute atomic E-state index is 11.9. The molecule has 24 heavy (non-hydrogen) atoms. The molecule has 1 aromatic carbocycles. The van der Waals surface area contributed by atoms with Crippen LogP contribution < -0.4 is 4.90 Å². The number of ketones is 1. The Morgan fingerprint density at radius 1 is 1.12 bits per heavy atom. The SMILES string of the molecule is CN(C)CCCN(C1=CC(=O)CCC1)c1ccc2ncccc2c1. The predicted molar refractivity (Wildman–Crippen MR) is 99.2 cm³/mol. The maximum Gasteiger partial charge on any atom is 0.157 e. The third-order valence-corrected chi connectivity index (χ3v) is 4.42. The van der Waals surface area contributed by atoms with Crippen molar-refractivity contribution in [3.63, 3.8) is 0 Å². The van der Waals surface area contributed by atoms with Crippen LogP contribution in [0.5, 0.6) is 0 Å². The lowest BCUT2D eigenvalue weighted by Gasteiger charge is -2.30. The molecule has 4 nitrogen and oxygen atoms in total. The van der Waals surface area contributed by atoms with Crippen LogP contribution in [0.2, 0.25) is 0 Å². The molecule has 0 aliphatic heterocycles. The molecule has 4 heteroatoms. The van der Waals surface area contributed by atoms with Gasteiger partial charge in [-0.15, -0.1) is 0 Å². The van der Waals surface area contributed by atoms with Crippen LogP contribution in [0.25, 0.3) is 10.9 Å². The van der Waals surface area contributed by atoms with E-state index in [-0.39, 0.29) is 5.78 Å². The van der Waals surface area contributed by atoms with Gasteiger partial charge in [0.25, 0.3) is 0 Å². The molecule has 2 aromatic rings. The lowest BCUT2D eigenvalue weighted by molar-refractivity contribution is -0.115. The highest BCUT2D eigenvalue weighted by molar-refractivity contribution is 5.92. The van der Waals surface area contributed by atoms with Crippen molar-refractivity contribution in [3.8, 4) is 0 Å². The maximum atomic E-state index is 11.9. The highest BCUT2D eigenvalue weighted by atomic mass is 16.1. The average molecular weight is 323 g/mol. The summed E-state index contributed by atoms with van der Waals surface area (Å²) in [7, 11) is 4.19. The van der Waals surface area contributed by atoms with E-state index in [1.807, 2.05) is 18.3 Å². The molecule has 0 fully saturated rings. The average Bonchev–Trinajstić information content (AvgIpc) is 2.58. The molecular formula is C20H25N3O. The summed E-state index contributed by atoms with van der Waals surface area (Å²) in [6, 6.07) is 10.4. The van der Waals surface area contributed by atoms with E-state index < -0.39 is 0 Å². The Hall–Kier alpha value is -2.20. The van der Waals surface area contributed by atoms with Crippen molar-refractivity contribution in [2.75, 3.05) is 32.1 Å². The molecule has 0 N–H and O–H groups in total. The first-order valence-corrected chi connectivity index (χ1v) is 8.64. The molecule has 126 valence electrons. The number of rotatable bonds is 6. The van der Waals surface area contributed by atoms with Gasteiger partial charge in [-0.25, -0.2) is 0 Å². The number of carbonyl (C=O) groups is 1. The number of hydrogen-bond acceptors (Lipinski definition) is 4. The second kappa shape index (κ2) is 7.58. The molecular weight excluding hydrogens is 298 g/mol. The number of pyridine rings is 1. The molecule has 1 aromatic heterocycles. The molecule has 0 unspecified atom stereocenters. The zero-order valence-corrected chi connectivity index (χ0v) is 14.5. The van der Waals surface area contributed by atoms with Gasteiger partial charge in [0.1, 0.15) is 0 Å².